The number of ketones is 1. The third-order valence-corrected chi connectivity index (χ3v) is 5.22. The van der Waals surface area contributed by atoms with Gasteiger partial charge in [0.15, 0.2) is 5.78 Å². The van der Waals surface area contributed by atoms with Crippen molar-refractivity contribution in [1.29, 1.82) is 0 Å². The lowest BCUT2D eigenvalue weighted by molar-refractivity contribution is -0.116. The molecule has 1 heterocycles. The van der Waals surface area contributed by atoms with Crippen LogP contribution in [0, 0.1) is 0 Å². The maximum atomic E-state index is 12.5. The lowest BCUT2D eigenvalue weighted by Gasteiger charge is -2.06. The molecular formula is C27H23N3O2. The van der Waals surface area contributed by atoms with Gasteiger partial charge in [-0.05, 0) is 40.1 Å². The minimum Gasteiger partial charge on any atom is -0.383 e. The number of carbonyl (C=O) groups is 2. The molecule has 32 heavy (non-hydrogen) atoms. The van der Waals surface area contributed by atoms with Crippen molar-refractivity contribution in [1.82, 2.24) is 10.3 Å². The number of nitrogens with zero attached hydrogens (tertiary/aromatic N) is 1. The number of hydrogen-bond donors (Lipinski definition) is 2. The first-order valence-corrected chi connectivity index (χ1v) is 10.3. The van der Waals surface area contributed by atoms with Crippen molar-refractivity contribution in [3.05, 3.63) is 113 Å². The zero-order valence-corrected chi connectivity index (χ0v) is 17.5. The minimum atomic E-state index is -0.176. The Hall–Kier alpha value is -4.25. The van der Waals surface area contributed by atoms with E-state index in [9.17, 15) is 9.59 Å². The standard InChI is InChI=1S/C27H23N3O2/c28-27-24(6-3-15-29-27)17-25(31)22-12-8-20(9-13-22)18-30-26(32)14-10-19-7-11-21-4-1-2-5-23(21)16-19/h1-16H,17-18H2,(H2,28,29)(H,30,32)/b14-10+. The van der Waals surface area contributed by atoms with Crippen LogP contribution in [-0.2, 0) is 17.8 Å². The van der Waals surface area contributed by atoms with E-state index in [0.717, 1.165) is 16.5 Å². The van der Waals surface area contributed by atoms with E-state index in [1.165, 1.54) is 11.5 Å². The maximum absolute atomic E-state index is 12.5. The van der Waals surface area contributed by atoms with Gasteiger partial charge in [-0.15, -0.1) is 0 Å². The third-order valence-electron chi connectivity index (χ3n) is 5.22. The van der Waals surface area contributed by atoms with Crippen molar-refractivity contribution in [2.24, 2.45) is 0 Å². The van der Waals surface area contributed by atoms with Crippen LogP contribution in [0.5, 0.6) is 0 Å². The summed E-state index contributed by atoms with van der Waals surface area (Å²) in [6.45, 7) is 0.380. The molecule has 3 N–H and O–H groups in total. The van der Waals surface area contributed by atoms with Crippen molar-refractivity contribution in [3.63, 3.8) is 0 Å². The highest BCUT2D eigenvalue weighted by Crippen LogP contribution is 2.16. The molecule has 1 amide bonds. The topological polar surface area (TPSA) is 85.1 Å². The summed E-state index contributed by atoms with van der Waals surface area (Å²) in [7, 11) is 0. The first-order chi connectivity index (χ1) is 15.6. The van der Waals surface area contributed by atoms with Gasteiger partial charge < -0.3 is 11.1 Å². The number of benzene rings is 3. The zero-order chi connectivity index (χ0) is 22.3. The molecule has 158 valence electrons. The first kappa shape index (κ1) is 21.0. The highest BCUT2D eigenvalue weighted by molar-refractivity contribution is 5.98. The fraction of sp³-hybridized carbons (Fsp3) is 0.0741. The molecule has 0 saturated carbocycles. The molecule has 0 unspecified atom stereocenters. The number of carbonyl (C=O) groups excluding carboxylic acids is 2. The summed E-state index contributed by atoms with van der Waals surface area (Å²) in [6, 6.07) is 25.0. The molecule has 0 aliphatic heterocycles. The van der Waals surface area contributed by atoms with Crippen molar-refractivity contribution < 1.29 is 9.59 Å². The molecule has 0 aliphatic carbocycles. The molecule has 0 aliphatic rings. The molecule has 0 bridgehead atoms. The zero-order valence-electron chi connectivity index (χ0n) is 17.5. The number of amides is 1. The molecule has 5 heteroatoms. The number of hydrogen-bond acceptors (Lipinski definition) is 4. The van der Waals surface area contributed by atoms with Crippen LogP contribution < -0.4 is 11.1 Å². The molecule has 3 aromatic carbocycles. The summed E-state index contributed by atoms with van der Waals surface area (Å²) >= 11 is 0. The second-order valence-corrected chi connectivity index (χ2v) is 7.50. The van der Waals surface area contributed by atoms with E-state index in [1.54, 1.807) is 36.5 Å². The van der Waals surface area contributed by atoms with Crippen LogP contribution in [-0.4, -0.2) is 16.7 Å². The number of anilines is 1. The molecule has 1 aromatic heterocycles. The van der Waals surface area contributed by atoms with Gasteiger partial charge in [-0.1, -0.05) is 66.7 Å². The van der Waals surface area contributed by atoms with Crippen LogP contribution in [0.2, 0.25) is 0 Å². The van der Waals surface area contributed by atoms with Crippen LogP contribution >= 0.6 is 0 Å². The average Bonchev–Trinajstić information content (AvgIpc) is 2.83. The number of nitrogens with two attached hydrogens (primary N) is 1. The minimum absolute atomic E-state index is 0.0291. The Morgan fingerprint density at radius 1 is 0.906 bits per heavy atom. The Kier molecular flexibility index (Phi) is 6.37. The Morgan fingerprint density at radius 3 is 2.47 bits per heavy atom. The van der Waals surface area contributed by atoms with Crippen molar-refractivity contribution in [3.8, 4) is 0 Å². The Morgan fingerprint density at radius 2 is 1.69 bits per heavy atom. The van der Waals surface area contributed by atoms with Gasteiger partial charge in [-0.3, -0.25) is 9.59 Å². The highest BCUT2D eigenvalue weighted by atomic mass is 16.1. The summed E-state index contributed by atoms with van der Waals surface area (Å²) < 4.78 is 0. The second kappa shape index (κ2) is 9.71. The fourth-order valence-corrected chi connectivity index (χ4v) is 3.42. The van der Waals surface area contributed by atoms with Crippen LogP contribution in [0.4, 0.5) is 5.82 Å². The smallest absolute Gasteiger partial charge is 0.244 e. The largest absolute Gasteiger partial charge is 0.383 e. The van der Waals surface area contributed by atoms with E-state index in [0.29, 0.717) is 23.5 Å². The van der Waals surface area contributed by atoms with E-state index >= 15 is 0 Å². The van der Waals surface area contributed by atoms with Crippen LogP contribution in [0.25, 0.3) is 16.8 Å². The molecule has 0 saturated heterocycles. The van der Waals surface area contributed by atoms with E-state index in [4.69, 9.17) is 5.73 Å². The number of nitrogens with one attached hydrogen (secondary N) is 1. The summed E-state index contributed by atoms with van der Waals surface area (Å²) in [6.07, 6.45) is 5.13. The summed E-state index contributed by atoms with van der Waals surface area (Å²) in [4.78, 5) is 28.7. The highest BCUT2D eigenvalue weighted by Gasteiger charge is 2.10. The number of rotatable bonds is 7. The van der Waals surface area contributed by atoms with Gasteiger partial charge in [0.1, 0.15) is 5.82 Å². The Balaban J connectivity index is 1.31. The SMILES string of the molecule is Nc1ncccc1CC(=O)c1ccc(CNC(=O)/C=C/c2ccc3ccccc3c2)cc1. The lowest BCUT2D eigenvalue weighted by atomic mass is 10.0. The number of fused-ring (bicyclic) bond motifs is 1. The molecule has 0 spiro atoms. The van der Waals surface area contributed by atoms with E-state index < -0.39 is 0 Å². The number of nitrogen functional groups attached to an aromatic ring is 1. The average molecular weight is 422 g/mol. The van der Waals surface area contributed by atoms with Crippen LogP contribution in [0.1, 0.15) is 27.0 Å². The molecule has 0 radical (unpaired) electrons. The van der Waals surface area contributed by atoms with Gasteiger partial charge in [0.2, 0.25) is 5.91 Å². The monoisotopic (exact) mass is 421 g/mol. The molecule has 4 rings (SSSR count). The van der Waals surface area contributed by atoms with E-state index in [2.05, 4.69) is 16.4 Å². The first-order valence-electron chi connectivity index (χ1n) is 10.3. The van der Waals surface area contributed by atoms with Gasteiger partial charge in [0.25, 0.3) is 0 Å². The molecule has 4 aromatic rings. The Bertz CT molecular complexity index is 1290. The normalized spacial score (nSPS) is 11.0. The maximum Gasteiger partial charge on any atom is 0.244 e. The van der Waals surface area contributed by atoms with Crippen molar-refractivity contribution in [2.75, 3.05) is 5.73 Å². The second-order valence-electron chi connectivity index (χ2n) is 7.50. The molecular weight excluding hydrogens is 398 g/mol. The van der Waals surface area contributed by atoms with Crippen LogP contribution in [0.15, 0.2) is 91.1 Å². The molecule has 5 nitrogen and oxygen atoms in total. The predicted octanol–water partition coefficient (Wildman–Crippen LogP) is 4.57. The van der Waals surface area contributed by atoms with E-state index in [1.807, 2.05) is 48.5 Å². The van der Waals surface area contributed by atoms with Gasteiger partial charge in [0, 0.05) is 36.4 Å². The van der Waals surface area contributed by atoms with Crippen molar-refractivity contribution >= 4 is 34.4 Å². The Labute approximate surface area is 186 Å². The predicted molar refractivity (Wildman–Crippen MR) is 128 cm³/mol. The van der Waals surface area contributed by atoms with Crippen molar-refractivity contribution in [2.45, 2.75) is 13.0 Å². The summed E-state index contributed by atoms with van der Waals surface area (Å²) in [5, 5.41) is 5.17. The quantitative estimate of drug-likeness (QED) is 0.338. The fourth-order valence-electron chi connectivity index (χ4n) is 3.42. The summed E-state index contributed by atoms with van der Waals surface area (Å²) in [5.74, 6) is 0.167. The lowest BCUT2D eigenvalue weighted by Crippen LogP contribution is -2.20. The third kappa shape index (κ3) is 5.26. The van der Waals surface area contributed by atoms with Crippen LogP contribution in [0.3, 0.4) is 0 Å². The molecule has 0 fully saturated rings. The van der Waals surface area contributed by atoms with Gasteiger partial charge in [-0.25, -0.2) is 4.98 Å². The molecule has 0 atom stereocenters. The number of pyridine rings is 1. The number of Topliss-reactive ketones (excluding diaryl/α,β-unsaturated/α-hetero) is 1. The van der Waals surface area contributed by atoms with Gasteiger partial charge in [0.05, 0.1) is 0 Å². The summed E-state index contributed by atoms with van der Waals surface area (Å²) in [5.41, 5.74) is 9.01. The van der Waals surface area contributed by atoms with Gasteiger partial charge in [-0.2, -0.15) is 0 Å². The number of aromatic nitrogens is 1. The van der Waals surface area contributed by atoms with E-state index in [-0.39, 0.29) is 18.1 Å². The van der Waals surface area contributed by atoms with Gasteiger partial charge >= 0.3 is 0 Å².